The number of fused-ring (bicyclic) bond motifs is 1. The van der Waals surface area contributed by atoms with Crippen LogP contribution in [0.4, 0.5) is 0 Å². The van der Waals surface area contributed by atoms with E-state index in [4.69, 9.17) is 11.0 Å². The monoisotopic (exact) mass is 218 g/mol. The number of hydrogen-bond acceptors (Lipinski definition) is 5. The molecule has 2 rings (SSSR count). The molecule has 2 heterocycles. The highest BCUT2D eigenvalue weighted by Gasteiger charge is 2.60. The summed E-state index contributed by atoms with van der Waals surface area (Å²) in [6, 6.07) is -0.474. The lowest BCUT2D eigenvalue weighted by atomic mass is 9.97. The molecule has 2 saturated heterocycles. The van der Waals surface area contributed by atoms with Crippen LogP contribution in [0, 0.1) is 0 Å². The molecule has 0 bridgehead atoms. The predicted molar refractivity (Wildman–Crippen MR) is 52.6 cm³/mol. The summed E-state index contributed by atoms with van der Waals surface area (Å²) in [5.74, 6) is -0.0462. The Morgan fingerprint density at radius 2 is 2.36 bits per heavy atom. The Morgan fingerprint density at radius 3 is 2.93 bits per heavy atom. The smallest absolute Gasteiger partial charge is 0.243 e. The first kappa shape index (κ1) is 10.2. The second kappa shape index (κ2) is 3.10. The minimum Gasteiger partial charge on any atom is -0.320 e. The highest BCUT2D eigenvalue weighted by molar-refractivity contribution is 8.01. The molecule has 0 radical (unpaired) electrons. The molecule has 0 aromatic carbocycles. The van der Waals surface area contributed by atoms with Crippen LogP contribution in [0.25, 0.3) is 0 Å². The molecule has 3 N–H and O–H groups in total. The SMILES string of the molecule is CC1(C)S[C@@H]2[C@H](N)C(=O)N2[C@H]1COO. The van der Waals surface area contributed by atoms with Crippen LogP contribution < -0.4 is 5.73 Å². The molecule has 80 valence electrons. The maximum absolute atomic E-state index is 11.5. The molecule has 1 amide bonds. The van der Waals surface area contributed by atoms with Gasteiger partial charge in [0.1, 0.15) is 18.0 Å². The quantitative estimate of drug-likeness (QED) is 0.383. The van der Waals surface area contributed by atoms with Crippen molar-refractivity contribution < 1.29 is 14.9 Å². The zero-order valence-electron chi connectivity index (χ0n) is 8.14. The maximum Gasteiger partial charge on any atom is 0.243 e. The van der Waals surface area contributed by atoms with E-state index >= 15 is 0 Å². The van der Waals surface area contributed by atoms with Gasteiger partial charge in [-0.15, -0.1) is 11.8 Å². The third kappa shape index (κ3) is 1.18. The van der Waals surface area contributed by atoms with Crippen LogP contribution in [0.3, 0.4) is 0 Å². The van der Waals surface area contributed by atoms with Gasteiger partial charge in [-0.1, -0.05) is 0 Å². The highest BCUT2D eigenvalue weighted by Crippen LogP contribution is 2.49. The van der Waals surface area contributed by atoms with Gasteiger partial charge in [0.05, 0.1) is 6.04 Å². The van der Waals surface area contributed by atoms with Crippen molar-refractivity contribution in [3.8, 4) is 0 Å². The first-order chi connectivity index (χ1) is 6.49. The summed E-state index contributed by atoms with van der Waals surface area (Å²) < 4.78 is -0.114. The van der Waals surface area contributed by atoms with Gasteiger partial charge in [0.25, 0.3) is 0 Å². The molecule has 14 heavy (non-hydrogen) atoms. The molecular weight excluding hydrogens is 204 g/mol. The number of rotatable bonds is 2. The van der Waals surface area contributed by atoms with Gasteiger partial charge in [-0.2, -0.15) is 0 Å². The number of carbonyl (C=O) groups is 1. The number of amides is 1. The van der Waals surface area contributed by atoms with Gasteiger partial charge in [-0.3, -0.25) is 10.1 Å². The molecule has 0 aliphatic carbocycles. The summed E-state index contributed by atoms with van der Waals surface area (Å²) in [7, 11) is 0. The minimum absolute atomic E-state index is 0.0462. The Labute approximate surface area is 86.5 Å². The second-order valence-electron chi connectivity index (χ2n) is 4.19. The van der Waals surface area contributed by atoms with Gasteiger partial charge in [-0.25, -0.2) is 4.89 Å². The van der Waals surface area contributed by atoms with Crippen molar-refractivity contribution in [2.45, 2.75) is 36.1 Å². The molecule has 0 spiro atoms. The first-order valence-electron chi connectivity index (χ1n) is 4.51. The van der Waals surface area contributed by atoms with Crippen LogP contribution in [0.5, 0.6) is 0 Å². The maximum atomic E-state index is 11.5. The van der Waals surface area contributed by atoms with Gasteiger partial charge in [0, 0.05) is 4.75 Å². The fourth-order valence-electron chi connectivity index (χ4n) is 2.05. The molecule has 2 aliphatic heterocycles. The van der Waals surface area contributed by atoms with E-state index in [-0.39, 0.29) is 34.7 Å². The zero-order valence-corrected chi connectivity index (χ0v) is 8.95. The standard InChI is InChI=1S/C8H14N2O3S/c1-8(2)4(3-13-12)10-6(11)5(9)7(10)14-8/h4-5,7,12H,3,9H2,1-2H3/t4-,5+,7+/m0/s1. The number of β-lactam (4-membered cyclic amide) rings is 1. The lowest BCUT2D eigenvalue weighted by Gasteiger charge is -2.42. The Bertz CT molecular complexity index is 271. The van der Waals surface area contributed by atoms with Crippen LogP contribution in [0.2, 0.25) is 0 Å². The van der Waals surface area contributed by atoms with E-state index in [2.05, 4.69) is 4.89 Å². The fourth-order valence-corrected chi connectivity index (χ4v) is 3.64. The Kier molecular flexibility index (Phi) is 2.26. The van der Waals surface area contributed by atoms with Crippen LogP contribution in [-0.4, -0.2) is 44.9 Å². The van der Waals surface area contributed by atoms with Crippen LogP contribution in [0.1, 0.15) is 13.8 Å². The van der Waals surface area contributed by atoms with Gasteiger partial charge in [0.15, 0.2) is 0 Å². The van der Waals surface area contributed by atoms with Gasteiger partial charge < -0.3 is 10.6 Å². The molecule has 0 aromatic rings. The summed E-state index contributed by atoms with van der Waals surface area (Å²) in [6.07, 6.45) is 0. The summed E-state index contributed by atoms with van der Waals surface area (Å²) in [6.45, 7) is 4.20. The van der Waals surface area contributed by atoms with Gasteiger partial charge in [0.2, 0.25) is 5.91 Å². The highest BCUT2D eigenvalue weighted by atomic mass is 32.2. The number of nitrogens with two attached hydrogens (primary N) is 1. The van der Waals surface area contributed by atoms with Crippen molar-refractivity contribution in [2.24, 2.45) is 5.73 Å². The minimum atomic E-state index is -0.386. The van der Waals surface area contributed by atoms with Crippen LogP contribution in [0.15, 0.2) is 0 Å². The molecule has 2 fully saturated rings. The summed E-state index contributed by atoms with van der Waals surface area (Å²) >= 11 is 1.67. The van der Waals surface area contributed by atoms with E-state index in [9.17, 15) is 4.79 Å². The lowest BCUT2D eigenvalue weighted by Crippen LogP contribution is -2.68. The predicted octanol–water partition coefficient (Wildman–Crippen LogP) is -0.134. The zero-order chi connectivity index (χ0) is 10.5. The number of hydrogen-bond donors (Lipinski definition) is 2. The topological polar surface area (TPSA) is 75.8 Å². The van der Waals surface area contributed by atoms with Crippen molar-refractivity contribution >= 4 is 17.7 Å². The van der Waals surface area contributed by atoms with Crippen LogP contribution in [-0.2, 0) is 9.68 Å². The molecular formula is C8H14N2O3S. The Hall–Kier alpha value is -0.300. The van der Waals surface area contributed by atoms with E-state index in [1.54, 1.807) is 16.7 Å². The summed E-state index contributed by atoms with van der Waals surface area (Å²) in [4.78, 5) is 17.3. The van der Waals surface area contributed by atoms with E-state index < -0.39 is 0 Å². The van der Waals surface area contributed by atoms with Crippen molar-refractivity contribution in [3.05, 3.63) is 0 Å². The van der Waals surface area contributed by atoms with E-state index in [1.165, 1.54) is 0 Å². The largest absolute Gasteiger partial charge is 0.320 e. The van der Waals surface area contributed by atoms with Crippen molar-refractivity contribution in [2.75, 3.05) is 6.61 Å². The van der Waals surface area contributed by atoms with Crippen molar-refractivity contribution in [3.63, 3.8) is 0 Å². The van der Waals surface area contributed by atoms with Crippen LogP contribution >= 0.6 is 11.8 Å². The third-order valence-electron chi connectivity index (χ3n) is 2.92. The molecule has 0 saturated carbocycles. The molecule has 2 aliphatic rings. The van der Waals surface area contributed by atoms with Gasteiger partial charge >= 0.3 is 0 Å². The molecule has 0 unspecified atom stereocenters. The second-order valence-corrected chi connectivity index (χ2v) is 5.97. The molecule has 5 nitrogen and oxygen atoms in total. The number of carbonyl (C=O) groups excluding carboxylic acids is 1. The van der Waals surface area contributed by atoms with Crippen molar-refractivity contribution in [1.29, 1.82) is 0 Å². The van der Waals surface area contributed by atoms with Crippen molar-refractivity contribution in [1.82, 2.24) is 4.90 Å². The fraction of sp³-hybridized carbons (Fsp3) is 0.875. The molecule has 6 heteroatoms. The first-order valence-corrected chi connectivity index (χ1v) is 5.39. The Morgan fingerprint density at radius 1 is 1.71 bits per heavy atom. The normalized spacial score (nSPS) is 39.6. The number of nitrogens with zero attached hydrogens (tertiary/aromatic N) is 1. The van der Waals surface area contributed by atoms with E-state index in [1.807, 2.05) is 13.8 Å². The lowest BCUT2D eigenvalue weighted by molar-refractivity contribution is -0.254. The van der Waals surface area contributed by atoms with E-state index in [0.717, 1.165) is 0 Å². The Balaban J connectivity index is 2.18. The van der Waals surface area contributed by atoms with E-state index in [0.29, 0.717) is 0 Å². The number of thioether (sulfide) groups is 1. The summed E-state index contributed by atoms with van der Waals surface area (Å²) in [5, 5.41) is 8.51. The average molecular weight is 218 g/mol. The summed E-state index contributed by atoms with van der Waals surface area (Å²) in [5.41, 5.74) is 5.67. The average Bonchev–Trinajstić information content (AvgIpc) is 2.37. The third-order valence-corrected chi connectivity index (χ3v) is 4.56. The van der Waals surface area contributed by atoms with Gasteiger partial charge in [-0.05, 0) is 13.8 Å². The molecule has 0 aromatic heterocycles. The molecule has 3 atom stereocenters.